The van der Waals surface area contributed by atoms with Crippen LogP contribution in [0.1, 0.15) is 40.6 Å². The number of rotatable bonds is 4. The Bertz CT molecular complexity index is 626. The summed E-state index contributed by atoms with van der Waals surface area (Å²) in [4.78, 5) is 26.7. The summed E-state index contributed by atoms with van der Waals surface area (Å²) in [6.07, 6.45) is 0.198. The zero-order valence-corrected chi connectivity index (χ0v) is 15.5. The molecule has 0 aromatic heterocycles. The fourth-order valence-corrected chi connectivity index (χ4v) is 2.81. The van der Waals surface area contributed by atoms with Crippen molar-refractivity contribution in [3.05, 3.63) is 35.6 Å². The molecule has 1 aromatic rings. The van der Waals surface area contributed by atoms with Crippen LogP contribution in [0.5, 0.6) is 0 Å². The smallest absolute Gasteiger partial charge is 0.408 e. The number of aliphatic hydroxyl groups excluding tert-OH is 1. The van der Waals surface area contributed by atoms with E-state index in [1.165, 1.54) is 12.1 Å². The van der Waals surface area contributed by atoms with E-state index in [0.717, 1.165) is 5.56 Å². The molecule has 0 bridgehead atoms. The molecule has 0 saturated carbocycles. The van der Waals surface area contributed by atoms with Gasteiger partial charge in [-0.3, -0.25) is 4.79 Å². The van der Waals surface area contributed by atoms with Gasteiger partial charge in [0, 0.05) is 20.9 Å². The molecule has 1 heterocycles. The third-order valence-electron chi connectivity index (χ3n) is 4.12. The number of benzene rings is 1. The number of carbonyl (C=O) groups is 2. The Morgan fingerprint density at radius 3 is 2.42 bits per heavy atom. The number of ether oxygens (including phenoxy) is 1. The highest BCUT2D eigenvalue weighted by atomic mass is 19.1. The molecule has 0 aliphatic carbocycles. The van der Waals surface area contributed by atoms with Crippen molar-refractivity contribution >= 4 is 12.0 Å². The van der Waals surface area contributed by atoms with E-state index in [9.17, 15) is 19.1 Å². The largest absolute Gasteiger partial charge is 0.444 e. The first-order valence-corrected chi connectivity index (χ1v) is 8.85. The quantitative estimate of drug-likeness (QED) is 0.856. The molecule has 1 aromatic carbocycles. The molecular weight excluding hydrogens is 339 g/mol. The summed E-state index contributed by atoms with van der Waals surface area (Å²) < 4.78 is 18.4. The molecule has 0 spiro atoms. The summed E-state index contributed by atoms with van der Waals surface area (Å²) in [7, 11) is 0. The van der Waals surface area contributed by atoms with Gasteiger partial charge >= 0.3 is 6.09 Å². The van der Waals surface area contributed by atoms with Crippen molar-refractivity contribution in [2.24, 2.45) is 0 Å². The lowest BCUT2D eigenvalue weighted by Crippen LogP contribution is -2.52. The lowest BCUT2D eigenvalue weighted by molar-refractivity contribution is -0.135. The summed E-state index contributed by atoms with van der Waals surface area (Å²) in [6.45, 7) is 6.12. The Morgan fingerprint density at radius 1 is 1.31 bits per heavy atom. The number of halogens is 1. The van der Waals surface area contributed by atoms with E-state index in [0.29, 0.717) is 25.9 Å². The lowest BCUT2D eigenvalue weighted by Gasteiger charge is -2.33. The minimum absolute atomic E-state index is 0. The van der Waals surface area contributed by atoms with Crippen LogP contribution in [0.25, 0.3) is 0 Å². The Morgan fingerprint density at radius 2 is 1.88 bits per heavy atom. The topological polar surface area (TPSA) is 78.9 Å². The number of likely N-dealkylation sites (tertiary alicyclic amines) is 1. The van der Waals surface area contributed by atoms with Gasteiger partial charge in [0.2, 0.25) is 5.91 Å². The van der Waals surface area contributed by atoms with Crippen molar-refractivity contribution in [3.63, 3.8) is 0 Å². The molecule has 1 atom stereocenters. The number of nitrogens with one attached hydrogen (secondary N) is 1. The summed E-state index contributed by atoms with van der Waals surface area (Å²) in [6, 6.07) is 5.01. The molecule has 2 amide bonds. The Balaban J connectivity index is 0.00000364. The molecule has 7 heteroatoms. The highest BCUT2D eigenvalue weighted by molar-refractivity contribution is 5.86. The predicted molar refractivity (Wildman–Crippen MR) is 97.2 cm³/mol. The van der Waals surface area contributed by atoms with Crippen LogP contribution >= 0.6 is 0 Å². The number of aliphatic hydroxyl groups is 1. The Kier molecular flexibility index (Phi) is 6.58. The molecule has 1 aliphatic heterocycles. The SMILES string of the molecule is CC(C)(C)OC(=O)N[C@H](Cc1ccc(F)cc1)C(=O)N1CCC(O)CC1.[HH]. The summed E-state index contributed by atoms with van der Waals surface area (Å²) >= 11 is 0. The van der Waals surface area contributed by atoms with Gasteiger partial charge in [-0.25, -0.2) is 9.18 Å². The van der Waals surface area contributed by atoms with Crippen molar-refractivity contribution in [1.82, 2.24) is 10.2 Å². The minimum Gasteiger partial charge on any atom is -0.444 e. The van der Waals surface area contributed by atoms with Crippen LogP contribution in [0.4, 0.5) is 9.18 Å². The van der Waals surface area contributed by atoms with E-state index < -0.39 is 23.8 Å². The maximum Gasteiger partial charge on any atom is 0.408 e. The molecule has 1 fully saturated rings. The maximum atomic E-state index is 13.1. The van der Waals surface area contributed by atoms with Gasteiger partial charge in [0.25, 0.3) is 0 Å². The monoisotopic (exact) mass is 368 g/mol. The number of nitrogens with zero attached hydrogens (tertiary/aromatic N) is 1. The summed E-state index contributed by atoms with van der Waals surface area (Å²) in [5.74, 6) is -0.589. The first-order chi connectivity index (χ1) is 12.1. The molecule has 2 rings (SSSR count). The second kappa shape index (κ2) is 8.49. The van der Waals surface area contributed by atoms with Gasteiger partial charge in [-0.2, -0.15) is 0 Å². The van der Waals surface area contributed by atoms with Gasteiger partial charge in [0.05, 0.1) is 6.10 Å². The third-order valence-corrected chi connectivity index (χ3v) is 4.12. The van der Waals surface area contributed by atoms with E-state index in [2.05, 4.69) is 5.32 Å². The van der Waals surface area contributed by atoms with Crippen LogP contribution in [-0.4, -0.2) is 52.8 Å². The van der Waals surface area contributed by atoms with Gasteiger partial charge in [-0.1, -0.05) is 12.1 Å². The normalized spacial score (nSPS) is 16.9. The van der Waals surface area contributed by atoms with Gasteiger partial charge < -0.3 is 20.1 Å². The fraction of sp³-hybridized carbons (Fsp3) is 0.579. The van der Waals surface area contributed by atoms with Crippen LogP contribution in [0.15, 0.2) is 24.3 Å². The van der Waals surface area contributed by atoms with Crippen LogP contribution in [0.3, 0.4) is 0 Å². The lowest BCUT2D eigenvalue weighted by atomic mass is 10.0. The zero-order valence-electron chi connectivity index (χ0n) is 15.5. The molecule has 0 unspecified atom stereocenters. The highest BCUT2D eigenvalue weighted by Crippen LogP contribution is 2.15. The first-order valence-electron chi connectivity index (χ1n) is 8.85. The number of carbonyl (C=O) groups excluding carboxylic acids is 2. The summed E-state index contributed by atoms with van der Waals surface area (Å²) in [5.41, 5.74) is 0.0563. The van der Waals surface area contributed by atoms with Crippen molar-refractivity contribution in [1.29, 1.82) is 0 Å². The molecule has 26 heavy (non-hydrogen) atoms. The highest BCUT2D eigenvalue weighted by Gasteiger charge is 2.30. The third kappa shape index (κ3) is 6.29. The van der Waals surface area contributed by atoms with Gasteiger partial charge in [0.1, 0.15) is 17.5 Å². The standard InChI is InChI=1S/C19H27FN2O4.H2/c1-19(2,3)26-18(25)21-16(12-13-4-6-14(20)7-5-13)17(24)22-10-8-15(23)9-11-22;/h4-7,15-16,23H,8-12H2,1-3H3,(H,21,25);1H/t16-;/m1./s1. The van der Waals surface area contributed by atoms with E-state index >= 15 is 0 Å². The van der Waals surface area contributed by atoms with Crippen molar-refractivity contribution < 1.29 is 25.2 Å². The molecule has 6 nitrogen and oxygen atoms in total. The van der Waals surface area contributed by atoms with E-state index in [1.54, 1.807) is 37.8 Å². The molecule has 2 N–H and O–H groups in total. The predicted octanol–water partition coefficient (Wildman–Crippen LogP) is 2.49. The second-order valence-corrected chi connectivity index (χ2v) is 7.59. The fourth-order valence-electron chi connectivity index (χ4n) is 2.81. The van der Waals surface area contributed by atoms with Gasteiger partial charge in [0.15, 0.2) is 0 Å². The van der Waals surface area contributed by atoms with E-state index in [-0.39, 0.29) is 19.6 Å². The molecule has 146 valence electrons. The van der Waals surface area contributed by atoms with E-state index in [1.807, 2.05) is 0 Å². The van der Waals surface area contributed by atoms with Crippen LogP contribution in [0, 0.1) is 5.82 Å². The second-order valence-electron chi connectivity index (χ2n) is 7.59. The van der Waals surface area contributed by atoms with Crippen molar-refractivity contribution in [3.8, 4) is 0 Å². The van der Waals surface area contributed by atoms with E-state index in [4.69, 9.17) is 4.74 Å². The molecule has 0 radical (unpaired) electrons. The maximum absolute atomic E-state index is 13.1. The number of alkyl carbamates (subject to hydrolysis) is 1. The van der Waals surface area contributed by atoms with Crippen LogP contribution in [-0.2, 0) is 16.0 Å². The van der Waals surface area contributed by atoms with Crippen molar-refractivity contribution in [2.75, 3.05) is 13.1 Å². The van der Waals surface area contributed by atoms with Crippen LogP contribution in [0.2, 0.25) is 0 Å². The Labute approximate surface area is 154 Å². The number of hydrogen-bond acceptors (Lipinski definition) is 4. The first kappa shape index (κ1) is 20.2. The molecular formula is C19H29FN2O4. The molecule has 1 aliphatic rings. The molecule has 1 saturated heterocycles. The van der Waals surface area contributed by atoms with Gasteiger partial charge in [-0.05, 0) is 51.3 Å². The number of hydrogen-bond donors (Lipinski definition) is 2. The van der Waals surface area contributed by atoms with Crippen LogP contribution < -0.4 is 5.32 Å². The number of amides is 2. The zero-order chi connectivity index (χ0) is 19.3. The minimum atomic E-state index is -0.814. The average Bonchev–Trinajstić information content (AvgIpc) is 2.54. The van der Waals surface area contributed by atoms with Gasteiger partial charge in [-0.15, -0.1) is 0 Å². The van der Waals surface area contributed by atoms with Crippen molar-refractivity contribution in [2.45, 2.75) is 57.8 Å². The Hall–Kier alpha value is -2.15. The summed E-state index contributed by atoms with van der Waals surface area (Å²) in [5, 5.41) is 12.3. The number of piperidine rings is 1. The average molecular weight is 368 g/mol.